The number of nitrogens with zero attached hydrogens (tertiary/aromatic N) is 4. The van der Waals surface area contributed by atoms with E-state index in [4.69, 9.17) is 35.3 Å². The first-order chi connectivity index (χ1) is 43.6. The number of anilines is 2. The first-order valence-electron chi connectivity index (χ1n) is 30.4. The summed E-state index contributed by atoms with van der Waals surface area (Å²) in [6.07, 6.45) is -2.33. The molecule has 9 rings (SSSR count). The molecule has 496 valence electrons. The number of piperazine rings is 1. The minimum absolute atomic E-state index is 0.0340. The number of hydrogen-bond donors (Lipinski definition) is 2. The number of esters is 2. The third-order valence-corrected chi connectivity index (χ3v) is 21.6. The standard InChI is InChI=1S/C66H77ClF3N5O14S3/c1-43-57(38-60(78)79)61(87-44(2)76)62(88-45(3)77)64(86-43)89-53-21-11-46(12-22-53)40-75(63(80)48-15-19-52(20-16-48)74-31-29-73(30-32-74)41-49-39-65(4,5)27-25-56(49)47-13-17-50(67)18-14-47)92(83,84)55-23-24-58(59(37-55)91(81,82)66(68,69)70)71-51(26-28-72-33-35-85-36-34-72)42-90-54-9-7-6-8-10-54/h6-24,37,43,51,57,61-62,64,71H,25-36,38-42H2,1-5H3,(H,78,79)/t43-,51?,57+,61+,62-,64-/m0/s1. The zero-order valence-corrected chi connectivity index (χ0v) is 55.0. The van der Waals surface area contributed by atoms with E-state index < -0.39 is 114 Å². The van der Waals surface area contributed by atoms with Crippen LogP contribution in [0.4, 0.5) is 24.5 Å². The Bertz CT molecular complexity index is 3670. The molecule has 6 atom stereocenters. The van der Waals surface area contributed by atoms with Crippen molar-refractivity contribution in [3.05, 3.63) is 149 Å². The lowest BCUT2D eigenvalue weighted by atomic mass is 9.73. The fourth-order valence-corrected chi connectivity index (χ4v) is 15.6. The van der Waals surface area contributed by atoms with E-state index in [0.29, 0.717) is 67.8 Å². The Morgan fingerprint density at radius 2 is 1.48 bits per heavy atom. The van der Waals surface area contributed by atoms with Crippen molar-refractivity contribution >= 4 is 84.0 Å². The Morgan fingerprint density at radius 3 is 2.11 bits per heavy atom. The second-order valence-corrected chi connectivity index (χ2v) is 29.6. The molecular formula is C66H77ClF3N5O14S3. The van der Waals surface area contributed by atoms with Crippen LogP contribution in [0.15, 0.2) is 142 Å². The van der Waals surface area contributed by atoms with Crippen molar-refractivity contribution in [1.29, 1.82) is 0 Å². The van der Waals surface area contributed by atoms with Crippen molar-refractivity contribution in [2.24, 2.45) is 11.3 Å². The number of morpholine rings is 1. The average molecular weight is 1350 g/mol. The van der Waals surface area contributed by atoms with Gasteiger partial charge in [-0.15, -0.1) is 11.8 Å². The maximum atomic E-state index is 15.3. The number of alkyl halides is 3. The highest BCUT2D eigenvalue weighted by molar-refractivity contribution is 7.99. The summed E-state index contributed by atoms with van der Waals surface area (Å²) in [5.74, 6) is -4.59. The summed E-state index contributed by atoms with van der Waals surface area (Å²) >= 11 is 7.66. The van der Waals surface area contributed by atoms with Crippen LogP contribution >= 0.6 is 23.4 Å². The van der Waals surface area contributed by atoms with E-state index in [1.165, 1.54) is 71.8 Å². The lowest BCUT2D eigenvalue weighted by Gasteiger charge is -2.43. The summed E-state index contributed by atoms with van der Waals surface area (Å²) in [7, 11) is -11.5. The Kier molecular flexibility index (Phi) is 22.8. The molecule has 26 heteroatoms. The van der Waals surface area contributed by atoms with E-state index in [2.05, 4.69) is 46.0 Å². The third kappa shape index (κ3) is 17.7. The van der Waals surface area contributed by atoms with Crippen molar-refractivity contribution in [2.75, 3.05) is 81.5 Å². The highest BCUT2D eigenvalue weighted by atomic mass is 35.5. The van der Waals surface area contributed by atoms with Crippen molar-refractivity contribution < 1.29 is 78.0 Å². The predicted octanol–water partition coefficient (Wildman–Crippen LogP) is 10.8. The van der Waals surface area contributed by atoms with Crippen molar-refractivity contribution in [3.8, 4) is 5.75 Å². The van der Waals surface area contributed by atoms with Crippen LogP contribution in [-0.2, 0) is 59.7 Å². The van der Waals surface area contributed by atoms with Gasteiger partial charge in [-0.1, -0.05) is 73.5 Å². The van der Waals surface area contributed by atoms with Gasteiger partial charge in [0.2, 0.25) is 12.4 Å². The number of aliphatic carboxylic acids is 1. The first kappa shape index (κ1) is 69.6. The monoisotopic (exact) mass is 1350 g/mol. The van der Waals surface area contributed by atoms with Gasteiger partial charge >= 0.3 is 23.4 Å². The summed E-state index contributed by atoms with van der Waals surface area (Å²) in [6.45, 7) is 13.8. The number of nitrogens with one attached hydrogen (secondary N) is 1. The van der Waals surface area contributed by atoms with Crippen molar-refractivity contribution in [3.63, 3.8) is 0 Å². The van der Waals surface area contributed by atoms with Gasteiger partial charge in [0.15, 0.2) is 6.10 Å². The number of hydrogen-bond acceptors (Lipinski definition) is 18. The number of carboxylic acids is 1. The van der Waals surface area contributed by atoms with E-state index in [9.17, 15) is 41.1 Å². The van der Waals surface area contributed by atoms with Gasteiger partial charge in [0.25, 0.3) is 25.8 Å². The van der Waals surface area contributed by atoms with Gasteiger partial charge in [0.05, 0.1) is 42.9 Å². The van der Waals surface area contributed by atoms with Gasteiger partial charge in [0.1, 0.15) is 10.6 Å². The minimum atomic E-state index is -6.27. The molecule has 5 aromatic carbocycles. The summed E-state index contributed by atoms with van der Waals surface area (Å²) in [4.78, 5) is 56.9. The number of sulfonamides is 1. The Morgan fingerprint density at radius 1 is 0.826 bits per heavy atom. The number of sulfone groups is 1. The van der Waals surface area contributed by atoms with Crippen molar-refractivity contribution in [1.82, 2.24) is 14.1 Å². The lowest BCUT2D eigenvalue weighted by molar-refractivity contribution is -0.266. The maximum absolute atomic E-state index is 15.3. The molecule has 3 aliphatic heterocycles. The summed E-state index contributed by atoms with van der Waals surface area (Å²) in [5, 5.41) is 13.4. The molecule has 3 heterocycles. The molecule has 0 bridgehead atoms. The second-order valence-electron chi connectivity index (χ2n) is 24.3. The molecule has 1 unspecified atom stereocenters. The van der Waals surface area contributed by atoms with Gasteiger partial charge in [-0.25, -0.2) is 21.1 Å². The molecule has 4 aliphatic rings. The zero-order chi connectivity index (χ0) is 66.1. The molecule has 1 amide bonds. The van der Waals surface area contributed by atoms with E-state index in [1.807, 2.05) is 42.5 Å². The fourth-order valence-electron chi connectivity index (χ4n) is 12.0. The number of rotatable bonds is 24. The molecule has 19 nitrogen and oxygen atoms in total. The van der Waals surface area contributed by atoms with Crippen molar-refractivity contribution in [2.45, 2.75) is 124 Å². The van der Waals surface area contributed by atoms with Crippen LogP contribution < -0.4 is 15.0 Å². The molecule has 0 spiro atoms. The number of ether oxygens (including phenoxy) is 5. The van der Waals surface area contributed by atoms with E-state index in [-0.39, 0.29) is 28.0 Å². The predicted molar refractivity (Wildman–Crippen MR) is 343 cm³/mol. The van der Waals surface area contributed by atoms with Crippen LogP contribution in [0.2, 0.25) is 5.02 Å². The Labute approximate surface area is 544 Å². The first-order valence-corrected chi connectivity index (χ1v) is 34.7. The SMILES string of the molecule is CC(=O)O[C@@H]1[C@H](Oc2ccc(CN(C(=O)c3ccc(N4CCN(CC5=C(c6ccc(Cl)cc6)CCC(C)(C)C5)CC4)cc3)S(=O)(=O)c3ccc(NC(CCN4CCOCC4)CSc4ccccc4)c(S(=O)(=O)C(F)(F)F)c3)cc2)O[C@@H](C)[C@@H](CC(=O)O)[C@H]1OC(C)=O. The summed E-state index contributed by atoms with van der Waals surface area (Å²) in [6, 6.07) is 30.8. The number of benzene rings is 5. The molecular weight excluding hydrogens is 1280 g/mol. The number of carbonyl (C=O) groups is 4. The van der Waals surface area contributed by atoms with Gasteiger partial charge in [-0.3, -0.25) is 29.0 Å². The molecule has 0 saturated carbocycles. The Balaban J connectivity index is 1.01. The van der Waals surface area contributed by atoms with Crippen LogP contribution in [0.25, 0.3) is 5.57 Å². The molecule has 1 aliphatic carbocycles. The topological polar surface area (TPSA) is 228 Å². The molecule has 92 heavy (non-hydrogen) atoms. The van der Waals surface area contributed by atoms with Gasteiger partial charge < -0.3 is 39.0 Å². The van der Waals surface area contributed by atoms with E-state index in [0.717, 1.165) is 75.5 Å². The van der Waals surface area contributed by atoms with Crippen LogP contribution in [-0.4, -0.2) is 167 Å². The molecule has 0 aromatic heterocycles. The lowest BCUT2D eigenvalue weighted by Crippen LogP contribution is -2.58. The molecule has 0 radical (unpaired) electrons. The number of halogens is 4. The normalized spacial score (nSPS) is 21.2. The molecule has 3 fully saturated rings. The average Bonchev–Trinajstić information content (AvgIpc) is 0.768. The fraction of sp³-hybridized carbons (Fsp3) is 0.455. The maximum Gasteiger partial charge on any atom is 0.501 e. The van der Waals surface area contributed by atoms with Crippen LogP contribution in [0.5, 0.6) is 5.75 Å². The Hall–Kier alpha value is -6.71. The number of carboxylic acid groups (broad SMARTS) is 1. The van der Waals surface area contributed by atoms with Gasteiger partial charge in [-0.2, -0.15) is 13.2 Å². The van der Waals surface area contributed by atoms with Gasteiger partial charge in [-0.05, 0) is 134 Å². The van der Waals surface area contributed by atoms with Crippen LogP contribution in [0, 0.1) is 11.3 Å². The third-order valence-electron chi connectivity index (χ3n) is 16.9. The largest absolute Gasteiger partial charge is 0.501 e. The quantitative estimate of drug-likeness (QED) is 0.0432. The highest BCUT2D eigenvalue weighted by Gasteiger charge is 2.51. The smallest absolute Gasteiger partial charge is 0.481 e. The molecule has 3 saturated heterocycles. The minimum Gasteiger partial charge on any atom is -0.481 e. The van der Waals surface area contributed by atoms with E-state index >= 15 is 13.2 Å². The van der Waals surface area contributed by atoms with Crippen LogP contribution in [0.3, 0.4) is 0 Å². The summed E-state index contributed by atoms with van der Waals surface area (Å²) < 4.78 is 132. The number of allylic oxidation sites excluding steroid dienone is 1. The van der Waals surface area contributed by atoms with E-state index in [1.54, 1.807) is 12.1 Å². The van der Waals surface area contributed by atoms with Gasteiger partial charge in [0, 0.05) is 105 Å². The zero-order valence-electron chi connectivity index (χ0n) is 51.8. The number of thioether (sulfide) groups is 1. The highest BCUT2D eigenvalue weighted by Crippen LogP contribution is 2.44. The second kappa shape index (κ2) is 30.1. The summed E-state index contributed by atoms with van der Waals surface area (Å²) in [5.41, 5.74) is -1.52. The number of amides is 1. The number of carbonyl (C=O) groups excluding carboxylic acids is 3. The molecule has 5 aromatic rings. The molecule has 2 N–H and O–H groups in total. The van der Waals surface area contributed by atoms with Crippen LogP contribution in [0.1, 0.15) is 88.2 Å².